The zero-order valence-corrected chi connectivity index (χ0v) is 9.47. The van der Waals surface area contributed by atoms with Crippen LogP contribution in [0.3, 0.4) is 0 Å². The zero-order chi connectivity index (χ0) is 8.28. The third kappa shape index (κ3) is 1.84. The van der Waals surface area contributed by atoms with Crippen molar-refractivity contribution in [2.45, 2.75) is 46.6 Å². The quantitative estimate of drug-likeness (QED) is 0.660. The molecule has 2 N–H and O–H groups in total. The predicted molar refractivity (Wildman–Crippen MR) is 46.1 cm³/mol. The van der Waals surface area contributed by atoms with Gasteiger partial charge in [-0.05, 0) is 0 Å². The summed E-state index contributed by atoms with van der Waals surface area (Å²) in [5.74, 6) is 0. The Hall–Kier alpha value is 0.674. The van der Waals surface area contributed by atoms with Crippen molar-refractivity contribution in [1.82, 2.24) is 0 Å². The van der Waals surface area contributed by atoms with Crippen LogP contribution in [0.1, 0.15) is 27.7 Å². The van der Waals surface area contributed by atoms with E-state index in [4.69, 9.17) is 4.22 Å². The maximum absolute atomic E-state index is 6.51. The van der Waals surface area contributed by atoms with Crippen molar-refractivity contribution >= 4 is 0 Å². The molecule has 0 saturated heterocycles. The van der Waals surface area contributed by atoms with Crippen LogP contribution < -0.4 is 4.22 Å². The first-order valence-electron chi connectivity index (χ1n) is 4.53. The van der Waals surface area contributed by atoms with Crippen LogP contribution in [0.4, 0.5) is 0 Å². The van der Waals surface area contributed by atoms with Crippen LogP contribution in [-0.2, 0) is 15.6 Å². The van der Waals surface area contributed by atoms with Crippen LogP contribution in [0.2, 0.25) is 18.9 Å². The van der Waals surface area contributed by atoms with E-state index in [1.807, 2.05) is 0 Å². The van der Waals surface area contributed by atoms with E-state index in [1.54, 1.807) is 0 Å². The molecule has 0 heterocycles. The SMILES string of the molecule is C[CH2][Ti]([NH2])([CH2]C)([CH2]C)[CH2]C. The standard InChI is InChI=1S/4C2H5.H2N.Ti/c4*1-2;;/h4*1H2,2H3;1H2;/q;;;;-1;+1. The van der Waals surface area contributed by atoms with E-state index in [9.17, 15) is 0 Å². The van der Waals surface area contributed by atoms with E-state index in [-0.39, 0.29) is 0 Å². The third-order valence-electron chi connectivity index (χ3n) is 3.82. The van der Waals surface area contributed by atoms with Crippen LogP contribution in [0.5, 0.6) is 0 Å². The van der Waals surface area contributed by atoms with Crippen molar-refractivity contribution in [2.75, 3.05) is 0 Å². The average Bonchev–Trinajstić information content (AvgIpc) is 2.04. The number of rotatable bonds is 4. The normalized spacial score (nSPS) is 16.3. The Bertz CT molecular complexity index is 84.3. The molecule has 0 aromatic heterocycles. The summed E-state index contributed by atoms with van der Waals surface area (Å²) in [6.07, 6.45) is 0. The van der Waals surface area contributed by atoms with Crippen molar-refractivity contribution in [3.05, 3.63) is 0 Å². The van der Waals surface area contributed by atoms with E-state index in [1.165, 1.54) is 18.9 Å². The van der Waals surface area contributed by atoms with E-state index in [0.29, 0.717) is 0 Å². The summed E-state index contributed by atoms with van der Waals surface area (Å²) in [7, 11) is 0. The molecule has 0 atom stereocenters. The van der Waals surface area contributed by atoms with E-state index < -0.39 is 15.6 Å². The molecule has 0 aliphatic heterocycles. The summed E-state index contributed by atoms with van der Waals surface area (Å²) in [4.78, 5) is 0. The molecule has 0 aromatic rings. The van der Waals surface area contributed by atoms with E-state index >= 15 is 0 Å². The molecule has 10 heavy (non-hydrogen) atoms. The second-order valence-electron chi connectivity index (χ2n) is 3.73. The van der Waals surface area contributed by atoms with Gasteiger partial charge in [-0.15, -0.1) is 0 Å². The Kier molecular flexibility index (Phi) is 3.61. The molecule has 63 valence electrons. The van der Waals surface area contributed by atoms with Crippen LogP contribution in [0, 0.1) is 0 Å². The number of hydrogen-bond acceptors (Lipinski definition) is 1. The maximum atomic E-state index is 6.51. The first-order valence-corrected chi connectivity index (χ1v) is 9.85. The Morgan fingerprint density at radius 2 is 1.00 bits per heavy atom. The molecule has 0 radical (unpaired) electrons. The monoisotopic (exact) mass is 180 g/mol. The molecule has 0 aliphatic rings. The molecule has 0 bridgehead atoms. The Labute approximate surface area is 66.6 Å². The van der Waals surface area contributed by atoms with Gasteiger partial charge in [0.2, 0.25) is 0 Å². The van der Waals surface area contributed by atoms with Gasteiger partial charge in [-0.1, -0.05) is 0 Å². The van der Waals surface area contributed by atoms with Gasteiger partial charge in [-0.2, -0.15) is 0 Å². The molecule has 0 rings (SSSR count). The second-order valence-corrected chi connectivity index (χ2v) is 15.4. The van der Waals surface area contributed by atoms with Crippen LogP contribution in [0.15, 0.2) is 0 Å². The van der Waals surface area contributed by atoms with Gasteiger partial charge in [-0.25, -0.2) is 0 Å². The van der Waals surface area contributed by atoms with Crippen LogP contribution in [-0.4, -0.2) is 0 Å². The van der Waals surface area contributed by atoms with Gasteiger partial charge in [0.25, 0.3) is 0 Å². The minimum absolute atomic E-state index is 1.28. The van der Waals surface area contributed by atoms with Crippen molar-refractivity contribution in [2.24, 2.45) is 4.22 Å². The van der Waals surface area contributed by atoms with E-state index in [0.717, 1.165) is 0 Å². The Morgan fingerprint density at radius 3 is 1.00 bits per heavy atom. The fourth-order valence-electron chi connectivity index (χ4n) is 1.50. The van der Waals surface area contributed by atoms with E-state index in [2.05, 4.69) is 27.7 Å². The fraction of sp³-hybridized carbons (Fsp3) is 1.00. The average molecular weight is 180 g/mol. The Morgan fingerprint density at radius 1 is 0.800 bits per heavy atom. The Balaban J connectivity index is 4.42. The summed E-state index contributed by atoms with van der Waals surface area (Å²) in [6, 6.07) is 0. The molecular formula is C8H22NTi. The predicted octanol–water partition coefficient (Wildman–Crippen LogP) is 3.30. The summed E-state index contributed by atoms with van der Waals surface area (Å²) in [6.45, 7) is 9.09. The zero-order valence-electron chi connectivity index (χ0n) is 7.91. The summed E-state index contributed by atoms with van der Waals surface area (Å²) < 4.78 is 11.6. The first-order chi connectivity index (χ1) is 4.54. The van der Waals surface area contributed by atoms with Gasteiger partial charge >= 0.3 is 66.4 Å². The third-order valence-corrected chi connectivity index (χ3v) is 15.7. The van der Waals surface area contributed by atoms with Gasteiger partial charge in [0.15, 0.2) is 0 Å². The van der Waals surface area contributed by atoms with Gasteiger partial charge in [0.1, 0.15) is 0 Å². The topological polar surface area (TPSA) is 26.0 Å². The van der Waals surface area contributed by atoms with Gasteiger partial charge in [0, 0.05) is 0 Å². The van der Waals surface area contributed by atoms with Gasteiger partial charge < -0.3 is 0 Å². The summed E-state index contributed by atoms with van der Waals surface area (Å²) >= 11 is -2.31. The van der Waals surface area contributed by atoms with Gasteiger partial charge in [-0.3, -0.25) is 0 Å². The van der Waals surface area contributed by atoms with Crippen LogP contribution in [0.25, 0.3) is 0 Å². The molecule has 0 aliphatic carbocycles. The molecule has 2 heteroatoms. The minimum atomic E-state index is -2.31. The van der Waals surface area contributed by atoms with Crippen molar-refractivity contribution in [1.29, 1.82) is 0 Å². The molecule has 0 aromatic carbocycles. The molecule has 1 nitrogen and oxygen atoms in total. The molecule has 0 amide bonds. The molecule has 0 saturated carbocycles. The summed E-state index contributed by atoms with van der Waals surface area (Å²) in [5.41, 5.74) is 0. The molecular weight excluding hydrogens is 158 g/mol. The second kappa shape index (κ2) is 3.38. The van der Waals surface area contributed by atoms with Crippen LogP contribution >= 0.6 is 0 Å². The number of hydrogen-bond donors (Lipinski definition) is 1. The number of nitrogens with two attached hydrogens (primary N) is 1. The van der Waals surface area contributed by atoms with Gasteiger partial charge in [0.05, 0.1) is 0 Å². The fourth-order valence-corrected chi connectivity index (χ4v) is 6.18. The first kappa shape index (κ1) is 10.7. The van der Waals surface area contributed by atoms with Crippen molar-refractivity contribution < 1.29 is 15.6 Å². The van der Waals surface area contributed by atoms with Crippen molar-refractivity contribution in [3.8, 4) is 0 Å². The van der Waals surface area contributed by atoms with Crippen molar-refractivity contribution in [3.63, 3.8) is 0 Å². The summed E-state index contributed by atoms with van der Waals surface area (Å²) in [5, 5.41) is 0. The molecule has 0 unspecified atom stereocenters. The molecule has 0 spiro atoms. The molecule has 0 fully saturated rings.